The first-order chi connectivity index (χ1) is 9.33. The molecule has 19 heavy (non-hydrogen) atoms. The third-order valence-corrected chi connectivity index (χ3v) is 2.20. The van der Waals surface area contributed by atoms with Gasteiger partial charge in [-0.25, -0.2) is 4.98 Å². The van der Waals surface area contributed by atoms with Gasteiger partial charge in [-0.05, 0) is 12.8 Å². The van der Waals surface area contributed by atoms with Crippen LogP contribution >= 0.6 is 0 Å². The first-order valence-corrected chi connectivity index (χ1v) is 6.31. The molecule has 0 spiro atoms. The molecule has 2 heterocycles. The van der Waals surface area contributed by atoms with Crippen LogP contribution in [0.25, 0.3) is 5.95 Å². The van der Waals surface area contributed by atoms with Crippen LogP contribution in [0.15, 0.2) is 12.7 Å². The van der Waals surface area contributed by atoms with Crippen molar-refractivity contribution in [2.75, 3.05) is 18.5 Å². The lowest BCUT2D eigenvalue weighted by Gasteiger charge is -2.08. The quantitative estimate of drug-likeness (QED) is 0.798. The zero-order valence-corrected chi connectivity index (χ0v) is 11.1. The second kappa shape index (κ2) is 6.62. The standard InChI is InChI=1S/C11H17N7O/c1-3-5-13-9-15-10(18-8-12-7-14-18)17-11(16-9)19-6-4-2/h7-8H,3-6H2,1-2H3,(H,13,15,16,17). The first-order valence-electron chi connectivity index (χ1n) is 6.31. The highest BCUT2D eigenvalue weighted by molar-refractivity contribution is 5.29. The molecule has 0 aromatic carbocycles. The zero-order chi connectivity index (χ0) is 13.5. The molecule has 1 N–H and O–H groups in total. The molecule has 2 aromatic rings. The van der Waals surface area contributed by atoms with Crippen molar-refractivity contribution < 1.29 is 4.74 Å². The van der Waals surface area contributed by atoms with Crippen LogP contribution in [0.3, 0.4) is 0 Å². The lowest BCUT2D eigenvalue weighted by atomic mass is 10.5. The molecule has 0 amide bonds. The fourth-order valence-corrected chi connectivity index (χ4v) is 1.33. The Morgan fingerprint density at radius 3 is 2.79 bits per heavy atom. The summed E-state index contributed by atoms with van der Waals surface area (Å²) in [7, 11) is 0. The molecule has 2 rings (SSSR count). The smallest absolute Gasteiger partial charge is 0.323 e. The van der Waals surface area contributed by atoms with E-state index in [0.717, 1.165) is 19.4 Å². The fraction of sp³-hybridized carbons (Fsp3) is 0.545. The maximum Gasteiger partial charge on any atom is 0.323 e. The molecule has 0 bridgehead atoms. The summed E-state index contributed by atoms with van der Waals surface area (Å²) in [6, 6.07) is 0.293. The summed E-state index contributed by atoms with van der Waals surface area (Å²) in [4.78, 5) is 16.5. The van der Waals surface area contributed by atoms with Gasteiger partial charge in [-0.15, -0.1) is 0 Å². The summed E-state index contributed by atoms with van der Waals surface area (Å²) in [6.45, 7) is 5.44. The largest absolute Gasteiger partial charge is 0.463 e. The molecule has 102 valence electrons. The fourth-order valence-electron chi connectivity index (χ4n) is 1.33. The number of aromatic nitrogens is 6. The van der Waals surface area contributed by atoms with Gasteiger partial charge in [0.05, 0.1) is 6.61 Å². The van der Waals surface area contributed by atoms with Crippen molar-refractivity contribution in [3.8, 4) is 12.0 Å². The number of nitrogens with one attached hydrogen (secondary N) is 1. The Morgan fingerprint density at radius 2 is 2.11 bits per heavy atom. The molecule has 0 saturated carbocycles. The molecule has 0 aliphatic carbocycles. The first kappa shape index (κ1) is 13.2. The van der Waals surface area contributed by atoms with E-state index in [1.807, 2.05) is 6.92 Å². The van der Waals surface area contributed by atoms with E-state index < -0.39 is 0 Å². The Morgan fingerprint density at radius 1 is 1.21 bits per heavy atom. The zero-order valence-electron chi connectivity index (χ0n) is 11.1. The number of hydrogen-bond acceptors (Lipinski definition) is 7. The van der Waals surface area contributed by atoms with Gasteiger partial charge in [0, 0.05) is 6.54 Å². The Kier molecular flexibility index (Phi) is 4.60. The molecular weight excluding hydrogens is 246 g/mol. The number of rotatable bonds is 7. The molecule has 0 saturated heterocycles. The number of hydrogen-bond donors (Lipinski definition) is 1. The topological polar surface area (TPSA) is 90.6 Å². The van der Waals surface area contributed by atoms with Crippen LogP contribution in [-0.4, -0.2) is 42.9 Å². The molecular formula is C11H17N7O. The van der Waals surface area contributed by atoms with Crippen molar-refractivity contribution in [3.05, 3.63) is 12.7 Å². The van der Waals surface area contributed by atoms with E-state index in [0.29, 0.717) is 24.5 Å². The molecule has 0 atom stereocenters. The molecule has 0 unspecified atom stereocenters. The summed E-state index contributed by atoms with van der Waals surface area (Å²) >= 11 is 0. The van der Waals surface area contributed by atoms with Gasteiger partial charge in [0.2, 0.25) is 5.95 Å². The van der Waals surface area contributed by atoms with Crippen LogP contribution in [0, 0.1) is 0 Å². The maximum atomic E-state index is 5.45. The number of ether oxygens (including phenoxy) is 1. The van der Waals surface area contributed by atoms with Gasteiger partial charge in [0.1, 0.15) is 12.7 Å². The lowest BCUT2D eigenvalue weighted by Crippen LogP contribution is -2.12. The number of nitrogens with zero attached hydrogens (tertiary/aromatic N) is 6. The van der Waals surface area contributed by atoms with Crippen LogP contribution in [0.4, 0.5) is 5.95 Å². The second-order valence-corrected chi connectivity index (χ2v) is 3.86. The lowest BCUT2D eigenvalue weighted by molar-refractivity contribution is 0.291. The van der Waals surface area contributed by atoms with Gasteiger partial charge < -0.3 is 10.1 Å². The van der Waals surface area contributed by atoms with Crippen LogP contribution < -0.4 is 10.1 Å². The Bertz CT molecular complexity index is 473. The molecule has 2 aromatic heterocycles. The highest BCUT2D eigenvalue weighted by Gasteiger charge is 2.09. The Labute approximate surface area is 111 Å². The third-order valence-electron chi connectivity index (χ3n) is 2.20. The summed E-state index contributed by atoms with van der Waals surface area (Å²) < 4.78 is 6.92. The van der Waals surface area contributed by atoms with Crippen LogP contribution in [0.1, 0.15) is 26.7 Å². The van der Waals surface area contributed by atoms with Gasteiger partial charge >= 0.3 is 6.01 Å². The van der Waals surface area contributed by atoms with E-state index in [1.165, 1.54) is 17.3 Å². The van der Waals surface area contributed by atoms with Crippen molar-refractivity contribution in [3.63, 3.8) is 0 Å². The molecule has 0 radical (unpaired) electrons. The second-order valence-electron chi connectivity index (χ2n) is 3.86. The van der Waals surface area contributed by atoms with E-state index in [1.54, 1.807) is 0 Å². The molecule has 0 aliphatic rings. The molecule has 0 aliphatic heterocycles. The van der Waals surface area contributed by atoms with E-state index in [-0.39, 0.29) is 0 Å². The monoisotopic (exact) mass is 263 g/mol. The molecule has 8 heteroatoms. The highest BCUT2D eigenvalue weighted by atomic mass is 16.5. The van der Waals surface area contributed by atoms with Crippen molar-refractivity contribution in [1.82, 2.24) is 29.7 Å². The SMILES string of the molecule is CCCNc1nc(OCCC)nc(-n2cncn2)n1. The molecule has 8 nitrogen and oxygen atoms in total. The Balaban J connectivity index is 2.25. The van der Waals surface area contributed by atoms with E-state index >= 15 is 0 Å². The van der Waals surface area contributed by atoms with Gasteiger partial charge in [0.25, 0.3) is 5.95 Å². The van der Waals surface area contributed by atoms with E-state index in [4.69, 9.17) is 4.74 Å². The third kappa shape index (κ3) is 3.60. The predicted molar refractivity (Wildman–Crippen MR) is 69.3 cm³/mol. The Hall–Kier alpha value is -2.25. The summed E-state index contributed by atoms with van der Waals surface area (Å²) in [5.74, 6) is 0.866. The number of anilines is 1. The van der Waals surface area contributed by atoms with Gasteiger partial charge in [-0.3, -0.25) is 0 Å². The maximum absolute atomic E-state index is 5.45. The van der Waals surface area contributed by atoms with Crippen molar-refractivity contribution >= 4 is 5.95 Å². The van der Waals surface area contributed by atoms with Crippen molar-refractivity contribution in [2.45, 2.75) is 26.7 Å². The normalized spacial score (nSPS) is 10.4. The average molecular weight is 263 g/mol. The van der Waals surface area contributed by atoms with E-state index in [2.05, 4.69) is 37.3 Å². The van der Waals surface area contributed by atoms with Gasteiger partial charge in [-0.2, -0.15) is 24.7 Å². The highest BCUT2D eigenvalue weighted by Crippen LogP contribution is 2.10. The van der Waals surface area contributed by atoms with Gasteiger partial charge in [-0.1, -0.05) is 13.8 Å². The van der Waals surface area contributed by atoms with Crippen LogP contribution in [-0.2, 0) is 0 Å². The van der Waals surface area contributed by atoms with Gasteiger partial charge in [0.15, 0.2) is 0 Å². The predicted octanol–water partition coefficient (Wildman–Crippen LogP) is 1.06. The van der Waals surface area contributed by atoms with Crippen molar-refractivity contribution in [2.24, 2.45) is 0 Å². The minimum Gasteiger partial charge on any atom is -0.463 e. The minimum atomic E-state index is 0.293. The minimum absolute atomic E-state index is 0.293. The summed E-state index contributed by atoms with van der Waals surface area (Å²) in [5, 5.41) is 7.11. The van der Waals surface area contributed by atoms with Crippen LogP contribution in [0.5, 0.6) is 6.01 Å². The van der Waals surface area contributed by atoms with E-state index in [9.17, 15) is 0 Å². The van der Waals surface area contributed by atoms with Crippen LogP contribution in [0.2, 0.25) is 0 Å². The molecule has 0 fully saturated rings. The van der Waals surface area contributed by atoms with Crippen molar-refractivity contribution in [1.29, 1.82) is 0 Å². The summed E-state index contributed by atoms with van der Waals surface area (Å²) in [5.41, 5.74) is 0. The summed E-state index contributed by atoms with van der Waals surface area (Å²) in [6.07, 6.45) is 4.83. The average Bonchev–Trinajstić information content (AvgIpc) is 2.97.